The molecule has 0 saturated carbocycles. The van der Waals surface area contributed by atoms with Gasteiger partial charge in [-0.05, 0) is 64.8 Å². The predicted octanol–water partition coefficient (Wildman–Crippen LogP) is 6.30. The van der Waals surface area contributed by atoms with Crippen molar-refractivity contribution in [3.05, 3.63) is 94.5 Å². The first-order valence-electron chi connectivity index (χ1n) is 12.5. The van der Waals surface area contributed by atoms with E-state index in [9.17, 15) is 4.79 Å². The number of nitrogens with one attached hydrogen (secondary N) is 1. The third-order valence-electron chi connectivity index (χ3n) is 7.23. The molecule has 1 aliphatic heterocycles. The van der Waals surface area contributed by atoms with Gasteiger partial charge in [0.2, 0.25) is 0 Å². The molecule has 4 heteroatoms. The number of fused-ring (bicyclic) bond motifs is 4. The van der Waals surface area contributed by atoms with E-state index < -0.39 is 0 Å². The quantitative estimate of drug-likeness (QED) is 0.475. The molecule has 5 rings (SSSR count). The van der Waals surface area contributed by atoms with Gasteiger partial charge in [0.25, 0.3) is 0 Å². The lowest BCUT2D eigenvalue weighted by Gasteiger charge is -2.33. The van der Waals surface area contributed by atoms with Crippen LogP contribution in [0.1, 0.15) is 60.5 Å². The Morgan fingerprint density at radius 1 is 0.971 bits per heavy atom. The fourth-order valence-electron chi connectivity index (χ4n) is 5.58. The first kappa shape index (κ1) is 22.7. The van der Waals surface area contributed by atoms with Crippen LogP contribution in [0.25, 0.3) is 11.1 Å². The number of carbonyl (C=O) groups excluding carboxylic acids is 1. The highest BCUT2D eigenvalue weighted by atomic mass is 16.6. The van der Waals surface area contributed by atoms with E-state index in [2.05, 4.69) is 92.8 Å². The Morgan fingerprint density at radius 2 is 1.65 bits per heavy atom. The van der Waals surface area contributed by atoms with Gasteiger partial charge in [-0.25, -0.2) is 4.79 Å². The van der Waals surface area contributed by atoms with Crippen molar-refractivity contribution in [3.8, 4) is 11.1 Å². The predicted molar refractivity (Wildman–Crippen MR) is 137 cm³/mol. The molecule has 3 aromatic carbocycles. The second kappa shape index (κ2) is 9.63. The summed E-state index contributed by atoms with van der Waals surface area (Å²) in [5, 5.41) is 3.45. The number of rotatable bonds is 6. The van der Waals surface area contributed by atoms with Crippen molar-refractivity contribution in [1.29, 1.82) is 0 Å². The van der Waals surface area contributed by atoms with Crippen molar-refractivity contribution >= 4 is 6.09 Å². The van der Waals surface area contributed by atoms with Crippen LogP contribution in [0.15, 0.2) is 66.7 Å². The van der Waals surface area contributed by atoms with Gasteiger partial charge in [0, 0.05) is 19.0 Å². The Morgan fingerprint density at radius 3 is 2.32 bits per heavy atom. The minimum atomic E-state index is -0.227. The number of hydrogen-bond acceptors (Lipinski definition) is 3. The highest BCUT2D eigenvalue weighted by Gasteiger charge is 2.31. The third-order valence-corrected chi connectivity index (χ3v) is 7.23. The fourth-order valence-corrected chi connectivity index (χ4v) is 5.58. The molecule has 0 bridgehead atoms. The van der Waals surface area contributed by atoms with Gasteiger partial charge in [0.15, 0.2) is 0 Å². The number of ether oxygens (including phenoxy) is 1. The Labute approximate surface area is 202 Å². The summed E-state index contributed by atoms with van der Waals surface area (Å²) >= 11 is 0. The summed E-state index contributed by atoms with van der Waals surface area (Å²) < 4.78 is 6.06. The number of nitrogens with zero attached hydrogens (tertiary/aromatic N) is 1. The van der Waals surface area contributed by atoms with Crippen LogP contribution in [-0.2, 0) is 17.7 Å². The summed E-state index contributed by atoms with van der Waals surface area (Å²) in [7, 11) is 0. The molecular formula is C30H34N2O2. The van der Waals surface area contributed by atoms with Crippen LogP contribution in [0.4, 0.5) is 4.79 Å². The van der Waals surface area contributed by atoms with Crippen molar-refractivity contribution in [3.63, 3.8) is 0 Å². The number of carbonyl (C=O) groups is 1. The minimum Gasteiger partial charge on any atom is -0.448 e. The van der Waals surface area contributed by atoms with E-state index in [1.165, 1.54) is 38.9 Å². The molecule has 1 unspecified atom stereocenters. The van der Waals surface area contributed by atoms with Gasteiger partial charge >= 0.3 is 6.09 Å². The van der Waals surface area contributed by atoms with Crippen LogP contribution >= 0.6 is 0 Å². The molecule has 1 amide bonds. The van der Waals surface area contributed by atoms with Gasteiger partial charge in [-0.2, -0.15) is 0 Å². The fraction of sp³-hybridized carbons (Fsp3) is 0.367. The second-order valence-electron chi connectivity index (χ2n) is 9.94. The summed E-state index contributed by atoms with van der Waals surface area (Å²) in [4.78, 5) is 15.5. The van der Waals surface area contributed by atoms with Gasteiger partial charge in [-0.3, -0.25) is 0 Å². The highest BCUT2D eigenvalue weighted by Crippen LogP contribution is 2.44. The zero-order chi connectivity index (χ0) is 23.7. The zero-order valence-corrected chi connectivity index (χ0v) is 20.4. The Bertz CT molecular complexity index is 1140. The van der Waals surface area contributed by atoms with Crippen molar-refractivity contribution in [2.45, 2.75) is 45.7 Å². The molecule has 0 saturated heterocycles. The van der Waals surface area contributed by atoms with Crippen molar-refractivity contribution in [2.24, 2.45) is 5.92 Å². The van der Waals surface area contributed by atoms with Crippen LogP contribution in [0.2, 0.25) is 0 Å². The molecule has 0 spiro atoms. The molecule has 0 aromatic heterocycles. The topological polar surface area (TPSA) is 41.6 Å². The van der Waals surface area contributed by atoms with Crippen LogP contribution < -0.4 is 5.32 Å². The summed E-state index contributed by atoms with van der Waals surface area (Å²) in [5.41, 5.74) is 8.94. The number of amides is 1. The van der Waals surface area contributed by atoms with E-state index in [-0.39, 0.29) is 18.1 Å². The van der Waals surface area contributed by atoms with E-state index in [0.29, 0.717) is 19.1 Å². The van der Waals surface area contributed by atoms with Gasteiger partial charge in [-0.1, -0.05) is 80.6 Å². The number of benzene rings is 3. The summed E-state index contributed by atoms with van der Waals surface area (Å²) in [6, 6.07) is 23.4. The molecule has 1 heterocycles. The maximum atomic E-state index is 13.5. The first-order valence-corrected chi connectivity index (χ1v) is 12.5. The molecule has 1 N–H and O–H groups in total. The van der Waals surface area contributed by atoms with Crippen LogP contribution in [-0.4, -0.2) is 30.7 Å². The number of hydrogen-bond donors (Lipinski definition) is 1. The van der Waals surface area contributed by atoms with E-state index in [1.807, 2.05) is 4.90 Å². The first-order chi connectivity index (χ1) is 16.5. The highest BCUT2D eigenvalue weighted by molar-refractivity contribution is 5.79. The molecule has 176 valence electrons. The maximum absolute atomic E-state index is 13.5. The molecule has 1 atom stereocenters. The lowest BCUT2D eigenvalue weighted by molar-refractivity contribution is 0.0811. The van der Waals surface area contributed by atoms with Crippen LogP contribution in [0, 0.1) is 5.92 Å². The Hall–Kier alpha value is -3.11. The minimum absolute atomic E-state index is 0.0360. The van der Waals surface area contributed by atoms with Crippen LogP contribution in [0.3, 0.4) is 0 Å². The molecular weight excluding hydrogens is 420 g/mol. The molecule has 1 aliphatic carbocycles. The van der Waals surface area contributed by atoms with Crippen molar-refractivity contribution < 1.29 is 9.53 Å². The maximum Gasteiger partial charge on any atom is 0.410 e. The molecule has 3 aromatic rings. The van der Waals surface area contributed by atoms with E-state index in [1.54, 1.807) is 0 Å². The summed E-state index contributed by atoms with van der Waals surface area (Å²) in [5.74, 6) is 0.423. The Balaban J connectivity index is 1.38. The van der Waals surface area contributed by atoms with E-state index in [0.717, 1.165) is 19.5 Å². The summed E-state index contributed by atoms with van der Waals surface area (Å²) in [6.45, 7) is 9.34. The monoisotopic (exact) mass is 454 g/mol. The standard InChI is InChI=1S/C30H34N2O2/c1-20(2)18-32(21(3)23-14-8-9-22-17-31-16-15-24(22)23)30(33)34-19-29-27-12-6-4-10-25(27)26-11-5-7-13-28(26)29/h4-14,20-21,29,31H,15-19H2,1-3H3. The largest absolute Gasteiger partial charge is 0.448 e. The Kier molecular flexibility index (Phi) is 6.42. The molecule has 4 nitrogen and oxygen atoms in total. The third kappa shape index (κ3) is 4.23. The van der Waals surface area contributed by atoms with Gasteiger partial charge in [0.05, 0.1) is 6.04 Å². The zero-order valence-electron chi connectivity index (χ0n) is 20.4. The summed E-state index contributed by atoms with van der Waals surface area (Å²) in [6.07, 6.45) is 0.769. The normalized spacial score (nSPS) is 15.4. The smallest absolute Gasteiger partial charge is 0.410 e. The average molecular weight is 455 g/mol. The molecule has 2 aliphatic rings. The van der Waals surface area contributed by atoms with Crippen molar-refractivity contribution in [1.82, 2.24) is 10.2 Å². The second-order valence-corrected chi connectivity index (χ2v) is 9.94. The van der Waals surface area contributed by atoms with E-state index in [4.69, 9.17) is 4.74 Å². The van der Waals surface area contributed by atoms with Gasteiger partial charge < -0.3 is 15.0 Å². The molecule has 0 fully saturated rings. The molecule has 0 radical (unpaired) electrons. The van der Waals surface area contributed by atoms with Crippen molar-refractivity contribution in [2.75, 3.05) is 19.7 Å². The lowest BCUT2D eigenvalue weighted by atomic mass is 9.91. The van der Waals surface area contributed by atoms with Crippen LogP contribution in [0.5, 0.6) is 0 Å². The van der Waals surface area contributed by atoms with E-state index >= 15 is 0 Å². The van der Waals surface area contributed by atoms with Gasteiger partial charge in [-0.15, -0.1) is 0 Å². The average Bonchev–Trinajstić information content (AvgIpc) is 3.18. The SMILES string of the molecule is CC(C)CN(C(=O)OCC1c2ccccc2-c2ccccc21)C(C)c1cccc2c1CCNC2. The lowest BCUT2D eigenvalue weighted by Crippen LogP contribution is -2.38. The molecule has 34 heavy (non-hydrogen) atoms. The van der Waals surface area contributed by atoms with Gasteiger partial charge in [0.1, 0.15) is 6.61 Å².